The van der Waals surface area contributed by atoms with Crippen LogP contribution in [-0.2, 0) is 35.7 Å². The van der Waals surface area contributed by atoms with E-state index in [0.29, 0.717) is 13.2 Å². The molecule has 0 aliphatic heterocycles. The molecule has 0 saturated heterocycles. The van der Waals surface area contributed by atoms with E-state index in [4.69, 9.17) is 10.2 Å². The molecule has 0 aromatic carbocycles. The zero-order valence-electron chi connectivity index (χ0n) is 10.6. The van der Waals surface area contributed by atoms with Crippen LogP contribution in [0.4, 0.5) is 0 Å². The quantitative estimate of drug-likeness (QED) is 0.806. The smallest absolute Gasteiger partial charge is 0.0824 e. The van der Waals surface area contributed by atoms with Gasteiger partial charge in [-0.05, 0) is 27.7 Å². The van der Waals surface area contributed by atoms with E-state index in [2.05, 4.69) is 9.47 Å². The van der Waals surface area contributed by atoms with E-state index < -0.39 is 11.2 Å². The van der Waals surface area contributed by atoms with Crippen LogP contribution in [0.15, 0.2) is 0 Å². The van der Waals surface area contributed by atoms with Crippen molar-refractivity contribution in [3.8, 4) is 0 Å². The summed E-state index contributed by atoms with van der Waals surface area (Å²) in [6.45, 7) is 7.61. The first-order valence-electron chi connectivity index (χ1n) is 4.55. The predicted octanol–water partition coefficient (Wildman–Crippen LogP) is 0.805. The third-order valence-electron chi connectivity index (χ3n) is 0.995. The fourth-order valence-corrected chi connectivity index (χ4v) is 0.706. The minimum absolute atomic E-state index is 0. The number of rotatable bonds is 4. The first-order chi connectivity index (χ1) is 6.12. The molecule has 0 heterocycles. The molecule has 0 aromatic heterocycles. The molecule has 0 amide bonds. The summed E-state index contributed by atoms with van der Waals surface area (Å²) in [6, 6.07) is 0. The maximum absolute atomic E-state index is 8.89. The van der Waals surface area contributed by atoms with Crippen LogP contribution < -0.4 is 0 Å². The Balaban J connectivity index is -0.000000180. The van der Waals surface area contributed by atoms with Crippen LogP contribution in [0.2, 0.25) is 0 Å². The van der Waals surface area contributed by atoms with Crippen LogP contribution in [0.3, 0.4) is 0 Å². The SMILES string of the molecule is COCC(C)(C)O.COCC(C)(C)O.[Zr]. The Labute approximate surface area is 112 Å². The van der Waals surface area contributed by atoms with Crippen LogP contribution >= 0.6 is 0 Å². The third-order valence-corrected chi connectivity index (χ3v) is 0.995. The van der Waals surface area contributed by atoms with Crippen molar-refractivity contribution in [1.29, 1.82) is 0 Å². The first-order valence-corrected chi connectivity index (χ1v) is 4.55. The summed E-state index contributed by atoms with van der Waals surface area (Å²) in [6.07, 6.45) is 0. The third kappa shape index (κ3) is 31.3. The maximum atomic E-state index is 8.89. The number of ether oxygens (including phenoxy) is 2. The van der Waals surface area contributed by atoms with Crippen molar-refractivity contribution in [2.75, 3.05) is 27.4 Å². The van der Waals surface area contributed by atoms with Gasteiger partial charge in [0, 0.05) is 40.4 Å². The Bertz CT molecular complexity index is 110. The van der Waals surface area contributed by atoms with Crippen LogP contribution in [0.25, 0.3) is 0 Å². The second-order valence-corrected chi connectivity index (χ2v) is 4.49. The molecule has 0 aromatic rings. The van der Waals surface area contributed by atoms with E-state index in [-0.39, 0.29) is 26.2 Å². The number of hydrogen-bond donors (Lipinski definition) is 2. The summed E-state index contributed by atoms with van der Waals surface area (Å²) in [4.78, 5) is 0. The Hall–Kier alpha value is 0.723. The van der Waals surface area contributed by atoms with E-state index in [9.17, 15) is 0 Å². The van der Waals surface area contributed by atoms with Gasteiger partial charge in [0.15, 0.2) is 0 Å². The molecule has 5 heteroatoms. The topological polar surface area (TPSA) is 58.9 Å². The molecule has 0 aliphatic rings. The van der Waals surface area contributed by atoms with E-state index >= 15 is 0 Å². The molecule has 15 heavy (non-hydrogen) atoms. The molecule has 0 saturated carbocycles. The number of methoxy groups -OCH3 is 2. The van der Waals surface area contributed by atoms with Gasteiger partial charge in [-0.3, -0.25) is 0 Å². The predicted molar refractivity (Wildman–Crippen MR) is 56.3 cm³/mol. The summed E-state index contributed by atoms with van der Waals surface area (Å²) < 4.78 is 9.31. The number of hydrogen-bond acceptors (Lipinski definition) is 4. The molecule has 0 spiro atoms. The summed E-state index contributed by atoms with van der Waals surface area (Å²) in [7, 11) is 3.13. The summed E-state index contributed by atoms with van der Waals surface area (Å²) >= 11 is 0. The second kappa shape index (κ2) is 9.91. The summed E-state index contributed by atoms with van der Waals surface area (Å²) in [5, 5.41) is 17.8. The van der Waals surface area contributed by atoms with Crippen molar-refractivity contribution in [3.05, 3.63) is 0 Å². The van der Waals surface area contributed by atoms with Gasteiger partial charge in [0.05, 0.1) is 24.4 Å². The Morgan fingerprint density at radius 2 is 1.00 bits per heavy atom. The van der Waals surface area contributed by atoms with Gasteiger partial charge >= 0.3 is 0 Å². The summed E-state index contributed by atoms with van der Waals surface area (Å²) in [5.74, 6) is 0. The molecule has 0 rings (SSSR count). The molecule has 0 aliphatic carbocycles. The monoisotopic (exact) mass is 298 g/mol. The molecule has 4 nitrogen and oxygen atoms in total. The molecular weight excluding hydrogens is 275 g/mol. The van der Waals surface area contributed by atoms with Gasteiger partial charge < -0.3 is 19.7 Å². The average Bonchev–Trinajstić information content (AvgIpc) is 1.81. The van der Waals surface area contributed by atoms with E-state index in [1.54, 1.807) is 41.9 Å². The van der Waals surface area contributed by atoms with Crippen molar-refractivity contribution in [1.82, 2.24) is 0 Å². The molecule has 0 atom stereocenters. The van der Waals surface area contributed by atoms with Gasteiger partial charge in [-0.25, -0.2) is 0 Å². The fraction of sp³-hybridized carbons (Fsp3) is 1.00. The Morgan fingerprint density at radius 1 is 0.800 bits per heavy atom. The average molecular weight is 300 g/mol. The molecule has 0 radical (unpaired) electrons. The largest absolute Gasteiger partial charge is 0.388 e. The van der Waals surface area contributed by atoms with Crippen LogP contribution in [-0.4, -0.2) is 48.8 Å². The first kappa shape index (κ1) is 21.1. The number of aliphatic hydroxyl groups is 2. The summed E-state index contributed by atoms with van der Waals surface area (Å²) in [5.41, 5.74) is -1.34. The zero-order valence-corrected chi connectivity index (χ0v) is 13.1. The molecule has 2 N–H and O–H groups in total. The Kier molecular flexibility index (Phi) is 13.9. The molecule has 92 valence electrons. The minimum Gasteiger partial charge on any atom is -0.388 e. The molecule has 0 unspecified atom stereocenters. The van der Waals surface area contributed by atoms with Crippen molar-refractivity contribution in [2.45, 2.75) is 38.9 Å². The standard InChI is InChI=1S/2C5H12O2.Zr/c2*1-5(2,6)4-7-3;/h2*6H,4H2,1-3H3;. The van der Waals surface area contributed by atoms with Gasteiger partial charge in [-0.2, -0.15) is 0 Å². The molecule has 0 fully saturated rings. The van der Waals surface area contributed by atoms with Crippen molar-refractivity contribution >= 4 is 0 Å². The maximum Gasteiger partial charge on any atom is 0.0824 e. The Morgan fingerprint density at radius 3 is 1.00 bits per heavy atom. The van der Waals surface area contributed by atoms with Gasteiger partial charge in [-0.15, -0.1) is 0 Å². The van der Waals surface area contributed by atoms with Crippen LogP contribution in [0, 0.1) is 0 Å². The van der Waals surface area contributed by atoms with E-state index in [1.807, 2.05) is 0 Å². The van der Waals surface area contributed by atoms with Crippen LogP contribution in [0.1, 0.15) is 27.7 Å². The fourth-order valence-electron chi connectivity index (χ4n) is 0.706. The second-order valence-electron chi connectivity index (χ2n) is 4.49. The van der Waals surface area contributed by atoms with Crippen LogP contribution in [0.5, 0.6) is 0 Å². The van der Waals surface area contributed by atoms with Gasteiger partial charge in [-0.1, -0.05) is 0 Å². The van der Waals surface area contributed by atoms with Crippen molar-refractivity contribution in [3.63, 3.8) is 0 Å². The van der Waals surface area contributed by atoms with Gasteiger partial charge in [0.2, 0.25) is 0 Å². The van der Waals surface area contributed by atoms with Crippen molar-refractivity contribution < 1.29 is 45.9 Å². The molecular formula is C10H24O4Zr. The van der Waals surface area contributed by atoms with Gasteiger partial charge in [0.1, 0.15) is 0 Å². The normalized spacial score (nSPS) is 11.2. The molecule has 0 bridgehead atoms. The van der Waals surface area contributed by atoms with Gasteiger partial charge in [0.25, 0.3) is 0 Å². The van der Waals surface area contributed by atoms with E-state index in [0.717, 1.165) is 0 Å². The van der Waals surface area contributed by atoms with E-state index in [1.165, 1.54) is 0 Å². The zero-order chi connectivity index (χ0) is 11.8. The van der Waals surface area contributed by atoms with Crippen molar-refractivity contribution in [2.24, 2.45) is 0 Å². The minimum atomic E-state index is -0.672.